The first kappa shape index (κ1) is 18.1. The van der Waals surface area contributed by atoms with Crippen LogP contribution in [0.25, 0.3) is 10.8 Å². The summed E-state index contributed by atoms with van der Waals surface area (Å²) in [5, 5.41) is 21.6. The van der Waals surface area contributed by atoms with Crippen LogP contribution in [0.1, 0.15) is 22.3 Å². The molecule has 0 unspecified atom stereocenters. The van der Waals surface area contributed by atoms with E-state index < -0.39 is 0 Å². The van der Waals surface area contributed by atoms with E-state index in [1.807, 2.05) is 6.07 Å². The molecule has 28 heavy (non-hydrogen) atoms. The van der Waals surface area contributed by atoms with Crippen LogP contribution in [0.4, 0.5) is 0 Å². The Morgan fingerprint density at radius 2 is 1.00 bits per heavy atom. The van der Waals surface area contributed by atoms with Crippen LogP contribution in [0, 0.1) is 0 Å². The van der Waals surface area contributed by atoms with Crippen LogP contribution in [0.2, 0.25) is 0 Å². The van der Waals surface area contributed by atoms with E-state index in [0.717, 1.165) is 31.2 Å². The molecule has 0 amide bonds. The normalized spacial score (nSPS) is 11.0. The Bertz CT molecular complexity index is 1100. The van der Waals surface area contributed by atoms with E-state index in [0.29, 0.717) is 0 Å². The standard InChI is InChI=1S/C26H24O2/c27-25-15-13-22(18-26(25)28)11-9-20-5-3-4-19(16-20)8-10-21-12-14-23-6-1-2-7-24(23)17-21/h1-7,12-18,27-28H,8-11H2. The molecule has 140 valence electrons. The van der Waals surface area contributed by atoms with E-state index in [-0.39, 0.29) is 11.5 Å². The zero-order valence-electron chi connectivity index (χ0n) is 15.8. The van der Waals surface area contributed by atoms with Gasteiger partial charge in [0.2, 0.25) is 0 Å². The van der Waals surface area contributed by atoms with Crippen LogP contribution in [-0.4, -0.2) is 10.2 Å². The van der Waals surface area contributed by atoms with Gasteiger partial charge in [0.15, 0.2) is 11.5 Å². The molecule has 2 N–H and O–H groups in total. The van der Waals surface area contributed by atoms with Crippen molar-refractivity contribution in [2.24, 2.45) is 0 Å². The van der Waals surface area contributed by atoms with Crippen LogP contribution >= 0.6 is 0 Å². The summed E-state index contributed by atoms with van der Waals surface area (Å²) in [6, 6.07) is 29.0. The minimum absolute atomic E-state index is 0.0540. The third-order valence-corrected chi connectivity index (χ3v) is 5.25. The van der Waals surface area contributed by atoms with Gasteiger partial charge >= 0.3 is 0 Å². The molecule has 2 heteroatoms. The lowest BCUT2D eigenvalue weighted by atomic mass is 9.98. The third-order valence-electron chi connectivity index (χ3n) is 5.25. The van der Waals surface area contributed by atoms with Gasteiger partial charge in [-0.25, -0.2) is 0 Å². The Labute approximate surface area is 165 Å². The number of hydrogen-bond acceptors (Lipinski definition) is 2. The molecular weight excluding hydrogens is 344 g/mol. The minimum Gasteiger partial charge on any atom is -0.504 e. The molecule has 0 radical (unpaired) electrons. The summed E-state index contributed by atoms with van der Waals surface area (Å²) in [7, 11) is 0. The van der Waals surface area contributed by atoms with Gasteiger partial charge in [0.1, 0.15) is 0 Å². The lowest BCUT2D eigenvalue weighted by Gasteiger charge is -2.08. The summed E-state index contributed by atoms with van der Waals surface area (Å²) in [5.41, 5.74) is 5.03. The van der Waals surface area contributed by atoms with E-state index in [1.54, 1.807) is 12.1 Å². The summed E-state index contributed by atoms with van der Waals surface area (Å²) in [6.45, 7) is 0. The third kappa shape index (κ3) is 4.34. The van der Waals surface area contributed by atoms with E-state index in [1.165, 1.54) is 27.5 Å². The summed E-state index contributed by atoms with van der Waals surface area (Å²) >= 11 is 0. The molecule has 4 rings (SSSR count). The van der Waals surface area contributed by atoms with Crippen molar-refractivity contribution in [3.8, 4) is 11.5 Å². The second-order valence-corrected chi connectivity index (χ2v) is 7.32. The van der Waals surface area contributed by atoms with Crippen molar-refractivity contribution in [3.63, 3.8) is 0 Å². The Kier molecular flexibility index (Phi) is 5.29. The number of fused-ring (bicyclic) bond motifs is 1. The van der Waals surface area contributed by atoms with Crippen molar-refractivity contribution in [2.45, 2.75) is 25.7 Å². The molecule has 0 saturated heterocycles. The van der Waals surface area contributed by atoms with Gasteiger partial charge in [-0.15, -0.1) is 0 Å². The minimum atomic E-state index is -0.0700. The molecule has 0 bridgehead atoms. The number of phenols is 2. The fourth-order valence-corrected chi connectivity index (χ4v) is 3.64. The van der Waals surface area contributed by atoms with Crippen LogP contribution < -0.4 is 0 Å². The first-order valence-electron chi connectivity index (χ1n) is 9.74. The van der Waals surface area contributed by atoms with Crippen LogP contribution in [0.5, 0.6) is 11.5 Å². The maximum absolute atomic E-state index is 9.64. The van der Waals surface area contributed by atoms with Crippen molar-refractivity contribution in [1.29, 1.82) is 0 Å². The predicted molar refractivity (Wildman–Crippen MR) is 115 cm³/mol. The molecule has 0 spiro atoms. The van der Waals surface area contributed by atoms with Gasteiger partial charge in [0.05, 0.1) is 0 Å². The molecular formula is C26H24O2. The number of phenolic OH excluding ortho intramolecular Hbond substituents is 2. The van der Waals surface area contributed by atoms with Crippen molar-refractivity contribution < 1.29 is 10.2 Å². The summed E-state index contributed by atoms with van der Waals surface area (Å²) < 4.78 is 0. The van der Waals surface area contributed by atoms with E-state index in [9.17, 15) is 10.2 Å². The summed E-state index contributed by atoms with van der Waals surface area (Å²) in [6.07, 6.45) is 3.79. The molecule has 0 saturated carbocycles. The lowest BCUT2D eigenvalue weighted by molar-refractivity contribution is 0.403. The molecule has 0 atom stereocenters. The fourth-order valence-electron chi connectivity index (χ4n) is 3.64. The molecule has 0 aliphatic heterocycles. The lowest BCUT2D eigenvalue weighted by Crippen LogP contribution is -1.95. The van der Waals surface area contributed by atoms with Gasteiger partial charge in [-0.3, -0.25) is 0 Å². The van der Waals surface area contributed by atoms with Gasteiger partial charge < -0.3 is 10.2 Å². The maximum Gasteiger partial charge on any atom is 0.157 e. The highest BCUT2D eigenvalue weighted by Crippen LogP contribution is 2.25. The molecule has 2 nitrogen and oxygen atoms in total. The average Bonchev–Trinajstić information content (AvgIpc) is 2.73. The summed E-state index contributed by atoms with van der Waals surface area (Å²) in [4.78, 5) is 0. The van der Waals surface area contributed by atoms with Gasteiger partial charge in [-0.2, -0.15) is 0 Å². The number of aromatic hydroxyl groups is 2. The zero-order valence-corrected chi connectivity index (χ0v) is 15.8. The van der Waals surface area contributed by atoms with Crippen LogP contribution in [0.15, 0.2) is 84.9 Å². The second-order valence-electron chi connectivity index (χ2n) is 7.32. The van der Waals surface area contributed by atoms with E-state index >= 15 is 0 Å². The van der Waals surface area contributed by atoms with Crippen LogP contribution in [-0.2, 0) is 25.7 Å². The highest BCUT2D eigenvalue weighted by molar-refractivity contribution is 5.82. The SMILES string of the molecule is Oc1ccc(CCc2cccc(CCc3ccc4ccccc4c3)c2)cc1O. The smallest absolute Gasteiger partial charge is 0.157 e. The van der Waals surface area contributed by atoms with Crippen molar-refractivity contribution in [2.75, 3.05) is 0 Å². The van der Waals surface area contributed by atoms with Gasteiger partial charge in [0, 0.05) is 0 Å². The van der Waals surface area contributed by atoms with E-state index in [2.05, 4.69) is 66.7 Å². The van der Waals surface area contributed by atoms with Crippen molar-refractivity contribution in [1.82, 2.24) is 0 Å². The van der Waals surface area contributed by atoms with Gasteiger partial charge in [0.25, 0.3) is 0 Å². The average molecular weight is 368 g/mol. The largest absolute Gasteiger partial charge is 0.504 e. The second kappa shape index (κ2) is 8.18. The fraction of sp³-hybridized carbons (Fsp3) is 0.154. The highest BCUT2D eigenvalue weighted by atomic mass is 16.3. The molecule has 0 heterocycles. The number of hydrogen-bond donors (Lipinski definition) is 2. The molecule has 0 aliphatic rings. The summed E-state index contributed by atoms with van der Waals surface area (Å²) in [5.74, 6) is -0.124. The Hall–Kier alpha value is -3.26. The van der Waals surface area contributed by atoms with Crippen LogP contribution in [0.3, 0.4) is 0 Å². The Morgan fingerprint density at radius 3 is 1.68 bits per heavy atom. The van der Waals surface area contributed by atoms with Gasteiger partial charge in [-0.1, -0.05) is 72.8 Å². The van der Waals surface area contributed by atoms with Gasteiger partial charge in [-0.05, 0) is 70.8 Å². The molecule has 0 fully saturated rings. The van der Waals surface area contributed by atoms with Crippen molar-refractivity contribution in [3.05, 3.63) is 107 Å². The maximum atomic E-state index is 9.64. The predicted octanol–water partition coefficient (Wildman–Crippen LogP) is 5.82. The zero-order chi connectivity index (χ0) is 19.3. The highest BCUT2D eigenvalue weighted by Gasteiger charge is 2.03. The number of aryl methyl sites for hydroxylation is 4. The van der Waals surface area contributed by atoms with Crippen molar-refractivity contribution >= 4 is 10.8 Å². The first-order valence-corrected chi connectivity index (χ1v) is 9.74. The molecule has 0 aromatic heterocycles. The van der Waals surface area contributed by atoms with E-state index in [4.69, 9.17) is 0 Å². The number of benzene rings is 4. The molecule has 4 aromatic rings. The monoisotopic (exact) mass is 368 g/mol. The molecule has 4 aromatic carbocycles. The topological polar surface area (TPSA) is 40.5 Å². The first-order chi connectivity index (χ1) is 13.7. The quantitative estimate of drug-likeness (QED) is 0.421. The Balaban J connectivity index is 1.39. The Morgan fingerprint density at radius 1 is 0.429 bits per heavy atom. The molecule has 0 aliphatic carbocycles. The number of rotatable bonds is 6.